The standard InChI is InChI=1S/C17H15ClN4/c1-10(2)16-15-13(18)6-7-20-17(15)22(21-16)14-5-4-12(9-19)8-11(14)3/h4-8,10H,1-3H3. The molecule has 0 atom stereocenters. The molecule has 0 unspecified atom stereocenters. The van der Waals surface area contributed by atoms with Gasteiger partial charge in [0.25, 0.3) is 0 Å². The van der Waals surface area contributed by atoms with Crippen LogP contribution in [0, 0.1) is 18.3 Å². The molecule has 0 aliphatic rings. The lowest BCUT2D eigenvalue weighted by atomic mass is 10.1. The molecule has 1 aromatic carbocycles. The highest BCUT2D eigenvalue weighted by molar-refractivity contribution is 6.35. The summed E-state index contributed by atoms with van der Waals surface area (Å²) < 4.78 is 1.81. The monoisotopic (exact) mass is 310 g/mol. The lowest BCUT2D eigenvalue weighted by molar-refractivity contribution is 0.774. The van der Waals surface area contributed by atoms with Crippen molar-refractivity contribution in [2.75, 3.05) is 0 Å². The number of halogens is 1. The first-order valence-electron chi connectivity index (χ1n) is 7.07. The van der Waals surface area contributed by atoms with Crippen molar-refractivity contribution < 1.29 is 0 Å². The Morgan fingerprint density at radius 3 is 2.68 bits per heavy atom. The number of benzene rings is 1. The average Bonchev–Trinajstić information content (AvgIpc) is 2.88. The van der Waals surface area contributed by atoms with Crippen LogP contribution in [0.1, 0.15) is 36.6 Å². The van der Waals surface area contributed by atoms with E-state index in [0.717, 1.165) is 28.0 Å². The lowest BCUT2D eigenvalue weighted by Crippen LogP contribution is -2.01. The van der Waals surface area contributed by atoms with Crippen LogP contribution in [-0.2, 0) is 0 Å². The second-order valence-corrected chi connectivity index (χ2v) is 5.96. The zero-order chi connectivity index (χ0) is 15.9. The largest absolute Gasteiger partial charge is 0.236 e. The van der Waals surface area contributed by atoms with Crippen molar-refractivity contribution in [2.45, 2.75) is 26.7 Å². The van der Waals surface area contributed by atoms with Crippen LogP contribution in [0.5, 0.6) is 0 Å². The fourth-order valence-electron chi connectivity index (χ4n) is 2.57. The van der Waals surface area contributed by atoms with E-state index in [4.69, 9.17) is 22.0 Å². The van der Waals surface area contributed by atoms with E-state index >= 15 is 0 Å². The van der Waals surface area contributed by atoms with Gasteiger partial charge in [0.1, 0.15) is 0 Å². The first-order chi connectivity index (χ1) is 10.5. The number of nitriles is 1. The second-order valence-electron chi connectivity index (χ2n) is 5.56. The van der Waals surface area contributed by atoms with Gasteiger partial charge in [0.15, 0.2) is 5.65 Å². The molecular weight excluding hydrogens is 296 g/mol. The van der Waals surface area contributed by atoms with Gasteiger partial charge in [-0.2, -0.15) is 10.4 Å². The SMILES string of the molecule is Cc1cc(C#N)ccc1-n1nc(C(C)C)c2c(Cl)ccnc21. The third-order valence-corrected chi connectivity index (χ3v) is 3.96. The zero-order valence-electron chi connectivity index (χ0n) is 12.6. The summed E-state index contributed by atoms with van der Waals surface area (Å²) in [7, 11) is 0. The Balaban J connectivity index is 2.33. The molecule has 3 aromatic rings. The van der Waals surface area contributed by atoms with Crippen LogP contribution in [0.4, 0.5) is 0 Å². The molecule has 0 aliphatic carbocycles. The van der Waals surface area contributed by atoms with Crippen LogP contribution in [0.15, 0.2) is 30.5 Å². The summed E-state index contributed by atoms with van der Waals surface area (Å²) in [6.45, 7) is 6.13. The number of rotatable bonds is 2. The highest BCUT2D eigenvalue weighted by Gasteiger charge is 2.18. The first-order valence-corrected chi connectivity index (χ1v) is 7.45. The van der Waals surface area contributed by atoms with Gasteiger partial charge in [-0.25, -0.2) is 9.67 Å². The predicted octanol–water partition coefficient (Wildman–Crippen LogP) is 4.38. The number of pyridine rings is 1. The van der Waals surface area contributed by atoms with E-state index < -0.39 is 0 Å². The van der Waals surface area contributed by atoms with Crippen molar-refractivity contribution in [3.8, 4) is 11.8 Å². The van der Waals surface area contributed by atoms with E-state index in [1.54, 1.807) is 18.3 Å². The van der Waals surface area contributed by atoms with Crippen molar-refractivity contribution in [3.63, 3.8) is 0 Å². The summed E-state index contributed by atoms with van der Waals surface area (Å²) in [5.74, 6) is 0.240. The third-order valence-electron chi connectivity index (χ3n) is 3.65. The quantitative estimate of drug-likeness (QED) is 0.706. The highest BCUT2D eigenvalue weighted by atomic mass is 35.5. The summed E-state index contributed by atoms with van der Waals surface area (Å²) >= 11 is 6.36. The van der Waals surface area contributed by atoms with Gasteiger partial charge in [0.2, 0.25) is 0 Å². The van der Waals surface area contributed by atoms with Crippen LogP contribution in [0.2, 0.25) is 5.02 Å². The number of hydrogen-bond acceptors (Lipinski definition) is 3. The molecule has 0 bridgehead atoms. The molecule has 0 aliphatic heterocycles. The van der Waals surface area contributed by atoms with E-state index in [9.17, 15) is 0 Å². The Morgan fingerprint density at radius 2 is 2.05 bits per heavy atom. The number of nitrogens with zero attached hydrogens (tertiary/aromatic N) is 4. The fraction of sp³-hybridized carbons (Fsp3) is 0.235. The summed E-state index contributed by atoms with van der Waals surface area (Å²) in [6, 6.07) is 9.47. The Bertz CT molecular complexity index is 903. The Morgan fingerprint density at radius 1 is 1.27 bits per heavy atom. The smallest absolute Gasteiger partial charge is 0.164 e. The van der Waals surface area contributed by atoms with Gasteiger partial charge in [-0.1, -0.05) is 25.4 Å². The molecule has 4 nitrogen and oxygen atoms in total. The third kappa shape index (κ3) is 2.24. The molecule has 3 rings (SSSR count). The van der Waals surface area contributed by atoms with Crippen molar-refractivity contribution in [3.05, 3.63) is 52.3 Å². The van der Waals surface area contributed by atoms with E-state index in [2.05, 4.69) is 24.9 Å². The van der Waals surface area contributed by atoms with Gasteiger partial charge in [0, 0.05) is 6.20 Å². The fourth-order valence-corrected chi connectivity index (χ4v) is 2.80. The molecule has 0 spiro atoms. The second kappa shape index (κ2) is 5.43. The summed E-state index contributed by atoms with van der Waals surface area (Å²) in [5.41, 5.74) is 4.18. The minimum Gasteiger partial charge on any atom is -0.236 e. The van der Waals surface area contributed by atoms with Crippen LogP contribution < -0.4 is 0 Å². The van der Waals surface area contributed by atoms with Crippen LogP contribution in [-0.4, -0.2) is 14.8 Å². The van der Waals surface area contributed by atoms with Crippen molar-refractivity contribution >= 4 is 22.6 Å². The molecule has 110 valence electrons. The van der Waals surface area contributed by atoms with Crippen molar-refractivity contribution in [1.82, 2.24) is 14.8 Å². The van der Waals surface area contributed by atoms with Gasteiger partial charge >= 0.3 is 0 Å². The molecular formula is C17H15ClN4. The van der Waals surface area contributed by atoms with Crippen molar-refractivity contribution in [2.24, 2.45) is 0 Å². The summed E-state index contributed by atoms with van der Waals surface area (Å²) in [5, 5.41) is 15.3. The Labute approximate surface area is 134 Å². The molecule has 0 saturated carbocycles. The van der Waals surface area contributed by atoms with Gasteiger partial charge in [-0.15, -0.1) is 0 Å². The van der Waals surface area contributed by atoms with Gasteiger partial charge in [-0.3, -0.25) is 0 Å². The molecule has 22 heavy (non-hydrogen) atoms. The van der Waals surface area contributed by atoms with Gasteiger partial charge < -0.3 is 0 Å². The van der Waals surface area contributed by atoms with Crippen LogP contribution >= 0.6 is 11.6 Å². The molecule has 0 amide bonds. The number of aryl methyl sites for hydroxylation is 1. The van der Waals surface area contributed by atoms with E-state index in [1.165, 1.54) is 0 Å². The average molecular weight is 311 g/mol. The maximum absolute atomic E-state index is 9.01. The molecule has 0 radical (unpaired) electrons. The minimum absolute atomic E-state index is 0.240. The molecule has 5 heteroatoms. The first kappa shape index (κ1) is 14.6. The van der Waals surface area contributed by atoms with Crippen LogP contribution in [0.3, 0.4) is 0 Å². The Hall–Kier alpha value is -2.38. The predicted molar refractivity (Wildman–Crippen MR) is 87.4 cm³/mol. The summed E-state index contributed by atoms with van der Waals surface area (Å²) in [4.78, 5) is 4.46. The molecule has 0 saturated heterocycles. The number of aromatic nitrogens is 3. The molecule has 0 N–H and O–H groups in total. The number of fused-ring (bicyclic) bond motifs is 1. The maximum atomic E-state index is 9.01. The lowest BCUT2D eigenvalue weighted by Gasteiger charge is -2.07. The zero-order valence-corrected chi connectivity index (χ0v) is 13.4. The number of hydrogen-bond donors (Lipinski definition) is 0. The topological polar surface area (TPSA) is 54.5 Å². The van der Waals surface area contributed by atoms with E-state index in [-0.39, 0.29) is 5.92 Å². The van der Waals surface area contributed by atoms with Crippen LogP contribution in [0.25, 0.3) is 16.7 Å². The Kier molecular flexibility index (Phi) is 3.59. The van der Waals surface area contributed by atoms with E-state index in [0.29, 0.717) is 10.6 Å². The minimum atomic E-state index is 0.240. The molecule has 0 fully saturated rings. The molecule has 2 heterocycles. The van der Waals surface area contributed by atoms with Crippen molar-refractivity contribution in [1.29, 1.82) is 5.26 Å². The van der Waals surface area contributed by atoms with E-state index in [1.807, 2.05) is 23.7 Å². The highest BCUT2D eigenvalue weighted by Crippen LogP contribution is 2.31. The van der Waals surface area contributed by atoms with Gasteiger partial charge in [-0.05, 0) is 42.7 Å². The molecule has 2 aromatic heterocycles. The maximum Gasteiger partial charge on any atom is 0.164 e. The summed E-state index contributed by atoms with van der Waals surface area (Å²) in [6.07, 6.45) is 1.69. The van der Waals surface area contributed by atoms with Gasteiger partial charge in [0.05, 0.1) is 33.4 Å². The normalized spacial score (nSPS) is 11.1.